The fourth-order valence-electron chi connectivity index (χ4n) is 3.32. The van der Waals surface area contributed by atoms with Gasteiger partial charge in [-0.25, -0.2) is 0 Å². The molecule has 0 aliphatic heterocycles. The predicted molar refractivity (Wildman–Crippen MR) is 69.8 cm³/mol. The Morgan fingerprint density at radius 2 is 1.88 bits per heavy atom. The summed E-state index contributed by atoms with van der Waals surface area (Å²) < 4.78 is 0. The van der Waals surface area contributed by atoms with Crippen molar-refractivity contribution in [2.45, 2.75) is 50.5 Å². The lowest BCUT2D eigenvalue weighted by molar-refractivity contribution is 0.0742. The number of rotatable bonds is 1. The first kappa shape index (κ1) is 11.0. The molecular formula is C16H20O. The van der Waals surface area contributed by atoms with Gasteiger partial charge in [-0.15, -0.1) is 0 Å². The largest absolute Gasteiger partial charge is 0.381 e. The average molecular weight is 228 g/mol. The van der Waals surface area contributed by atoms with Gasteiger partial charge in [0.15, 0.2) is 0 Å². The van der Waals surface area contributed by atoms with Crippen molar-refractivity contribution in [2.75, 3.05) is 0 Å². The SMILES string of the molecule is OC1(C2=CCCCCC2)CCc2ccccc21. The van der Waals surface area contributed by atoms with Crippen molar-refractivity contribution in [3.05, 3.63) is 47.0 Å². The van der Waals surface area contributed by atoms with Crippen LogP contribution in [0.3, 0.4) is 0 Å². The summed E-state index contributed by atoms with van der Waals surface area (Å²) in [4.78, 5) is 0. The van der Waals surface area contributed by atoms with E-state index in [0.717, 1.165) is 31.2 Å². The number of aryl methyl sites for hydroxylation is 1. The van der Waals surface area contributed by atoms with Crippen LogP contribution in [0.15, 0.2) is 35.9 Å². The molecule has 0 heterocycles. The van der Waals surface area contributed by atoms with Crippen molar-refractivity contribution in [3.63, 3.8) is 0 Å². The van der Waals surface area contributed by atoms with Crippen LogP contribution in [0.1, 0.15) is 49.7 Å². The van der Waals surface area contributed by atoms with Crippen LogP contribution < -0.4 is 0 Å². The van der Waals surface area contributed by atoms with Crippen molar-refractivity contribution in [3.8, 4) is 0 Å². The molecule has 1 aromatic carbocycles. The summed E-state index contributed by atoms with van der Waals surface area (Å²) in [5, 5.41) is 11.0. The molecule has 1 heteroatoms. The zero-order valence-corrected chi connectivity index (χ0v) is 10.3. The minimum absolute atomic E-state index is 0.652. The Labute approximate surface area is 103 Å². The van der Waals surface area contributed by atoms with E-state index in [4.69, 9.17) is 0 Å². The quantitative estimate of drug-likeness (QED) is 0.726. The Balaban J connectivity index is 1.99. The van der Waals surface area contributed by atoms with Crippen LogP contribution >= 0.6 is 0 Å². The molecule has 1 atom stereocenters. The predicted octanol–water partition coefficient (Wildman–Crippen LogP) is 3.71. The molecule has 1 unspecified atom stereocenters. The van der Waals surface area contributed by atoms with E-state index in [9.17, 15) is 5.11 Å². The van der Waals surface area contributed by atoms with Gasteiger partial charge in [-0.1, -0.05) is 36.8 Å². The van der Waals surface area contributed by atoms with E-state index in [2.05, 4.69) is 24.3 Å². The fourth-order valence-corrected chi connectivity index (χ4v) is 3.32. The number of aliphatic hydroxyl groups is 1. The van der Waals surface area contributed by atoms with Gasteiger partial charge in [0.25, 0.3) is 0 Å². The lowest BCUT2D eigenvalue weighted by atomic mass is 9.85. The summed E-state index contributed by atoms with van der Waals surface area (Å²) >= 11 is 0. The maximum atomic E-state index is 11.0. The molecule has 0 radical (unpaired) electrons. The molecule has 2 aliphatic carbocycles. The highest BCUT2D eigenvalue weighted by molar-refractivity contribution is 5.43. The van der Waals surface area contributed by atoms with Gasteiger partial charge in [0.2, 0.25) is 0 Å². The van der Waals surface area contributed by atoms with E-state index in [1.165, 1.54) is 30.4 Å². The highest BCUT2D eigenvalue weighted by atomic mass is 16.3. The lowest BCUT2D eigenvalue weighted by Gasteiger charge is -2.27. The monoisotopic (exact) mass is 228 g/mol. The zero-order valence-electron chi connectivity index (χ0n) is 10.3. The Morgan fingerprint density at radius 3 is 2.82 bits per heavy atom. The Hall–Kier alpha value is -1.08. The van der Waals surface area contributed by atoms with E-state index < -0.39 is 5.60 Å². The van der Waals surface area contributed by atoms with E-state index >= 15 is 0 Å². The van der Waals surface area contributed by atoms with Crippen molar-refractivity contribution in [2.24, 2.45) is 0 Å². The van der Waals surface area contributed by atoms with Gasteiger partial charge in [-0.3, -0.25) is 0 Å². The molecule has 0 saturated heterocycles. The summed E-state index contributed by atoms with van der Waals surface area (Å²) in [6.07, 6.45) is 10.2. The molecule has 1 N–H and O–H groups in total. The van der Waals surface area contributed by atoms with E-state index in [1.807, 2.05) is 6.07 Å². The summed E-state index contributed by atoms with van der Waals surface area (Å²) in [6, 6.07) is 8.39. The van der Waals surface area contributed by atoms with Crippen molar-refractivity contribution in [1.29, 1.82) is 0 Å². The molecule has 1 aromatic rings. The molecule has 1 nitrogen and oxygen atoms in total. The van der Waals surface area contributed by atoms with Crippen LogP contribution in [0.2, 0.25) is 0 Å². The molecular weight excluding hydrogens is 208 g/mol. The van der Waals surface area contributed by atoms with Crippen LogP contribution in [0.4, 0.5) is 0 Å². The fraction of sp³-hybridized carbons (Fsp3) is 0.500. The van der Waals surface area contributed by atoms with Crippen molar-refractivity contribution in [1.82, 2.24) is 0 Å². The summed E-state index contributed by atoms with van der Waals surface area (Å²) in [7, 11) is 0. The molecule has 0 fully saturated rings. The highest BCUT2D eigenvalue weighted by Gasteiger charge is 2.39. The topological polar surface area (TPSA) is 20.2 Å². The normalized spacial score (nSPS) is 28.4. The van der Waals surface area contributed by atoms with Crippen LogP contribution in [0.5, 0.6) is 0 Å². The minimum Gasteiger partial charge on any atom is -0.381 e. The van der Waals surface area contributed by atoms with E-state index in [0.29, 0.717) is 0 Å². The van der Waals surface area contributed by atoms with Gasteiger partial charge in [-0.2, -0.15) is 0 Å². The van der Waals surface area contributed by atoms with Gasteiger partial charge in [0, 0.05) is 0 Å². The maximum absolute atomic E-state index is 11.0. The van der Waals surface area contributed by atoms with Crippen LogP contribution in [0.25, 0.3) is 0 Å². The first-order valence-corrected chi connectivity index (χ1v) is 6.81. The number of hydrogen-bond acceptors (Lipinski definition) is 1. The third-order valence-electron chi connectivity index (χ3n) is 4.29. The molecule has 0 bridgehead atoms. The zero-order chi connectivity index (χ0) is 11.7. The summed E-state index contributed by atoms with van der Waals surface area (Å²) in [5.74, 6) is 0. The Bertz CT molecular complexity index is 447. The van der Waals surface area contributed by atoms with Gasteiger partial charge in [0.1, 0.15) is 5.60 Å². The third kappa shape index (κ3) is 1.83. The molecule has 0 amide bonds. The minimum atomic E-state index is -0.652. The standard InChI is InChI=1S/C16H20O/c17-16(14-8-3-1-2-4-9-14)12-11-13-7-5-6-10-15(13)16/h5-8,10,17H,1-4,9,11-12H2. The molecule has 0 spiro atoms. The molecule has 17 heavy (non-hydrogen) atoms. The smallest absolute Gasteiger partial charge is 0.111 e. The lowest BCUT2D eigenvalue weighted by Crippen LogP contribution is -2.25. The molecule has 0 aromatic heterocycles. The first-order chi connectivity index (χ1) is 8.31. The number of benzene rings is 1. The number of allylic oxidation sites excluding steroid dienone is 1. The van der Waals surface area contributed by atoms with Crippen molar-refractivity contribution >= 4 is 0 Å². The average Bonchev–Trinajstić information content (AvgIpc) is 2.58. The highest BCUT2D eigenvalue weighted by Crippen LogP contribution is 2.44. The molecule has 90 valence electrons. The van der Waals surface area contributed by atoms with Gasteiger partial charge in [0.05, 0.1) is 0 Å². The number of fused-ring (bicyclic) bond motifs is 1. The van der Waals surface area contributed by atoms with Gasteiger partial charge in [-0.05, 0) is 55.2 Å². The van der Waals surface area contributed by atoms with Gasteiger partial charge < -0.3 is 5.11 Å². The Kier molecular flexibility index (Phi) is 2.79. The summed E-state index contributed by atoms with van der Waals surface area (Å²) in [6.45, 7) is 0. The van der Waals surface area contributed by atoms with Gasteiger partial charge >= 0.3 is 0 Å². The summed E-state index contributed by atoms with van der Waals surface area (Å²) in [5.41, 5.74) is 3.12. The van der Waals surface area contributed by atoms with E-state index in [-0.39, 0.29) is 0 Å². The van der Waals surface area contributed by atoms with E-state index in [1.54, 1.807) is 0 Å². The second-order valence-corrected chi connectivity index (χ2v) is 5.35. The van der Waals surface area contributed by atoms with Crippen LogP contribution in [-0.4, -0.2) is 5.11 Å². The molecule has 0 saturated carbocycles. The molecule has 2 aliphatic rings. The Morgan fingerprint density at radius 1 is 1.00 bits per heavy atom. The number of hydrogen-bond donors (Lipinski definition) is 1. The molecule has 3 rings (SSSR count). The first-order valence-electron chi connectivity index (χ1n) is 6.81. The van der Waals surface area contributed by atoms with Crippen LogP contribution in [0, 0.1) is 0 Å². The second-order valence-electron chi connectivity index (χ2n) is 5.35. The maximum Gasteiger partial charge on any atom is 0.111 e. The van der Waals surface area contributed by atoms with Crippen LogP contribution in [-0.2, 0) is 12.0 Å². The second kappa shape index (κ2) is 4.30. The van der Waals surface area contributed by atoms with Crippen molar-refractivity contribution < 1.29 is 5.11 Å². The third-order valence-corrected chi connectivity index (χ3v) is 4.29.